The fourth-order valence-electron chi connectivity index (χ4n) is 10.4. The van der Waals surface area contributed by atoms with E-state index in [9.17, 15) is 10.5 Å². The Hall–Kier alpha value is -9.36. The Labute approximate surface area is 401 Å². The SMILES string of the molecule is CC1(N(c2ccc(C#N)cc2)c2ccc3c(c2)c2ccccc2n3-c2ccccc2)C=CC(c2ccc(N(c3ccc(C#N)cc3)c3ccc4c(c3)c3ccccc3n4-c3ccccc3)cc2)=CC1. The van der Waals surface area contributed by atoms with E-state index in [1.807, 2.05) is 36.4 Å². The van der Waals surface area contributed by atoms with Crippen molar-refractivity contribution in [2.24, 2.45) is 0 Å². The van der Waals surface area contributed by atoms with Gasteiger partial charge in [-0.1, -0.05) is 103 Å². The summed E-state index contributed by atoms with van der Waals surface area (Å²) >= 11 is 0. The van der Waals surface area contributed by atoms with Crippen LogP contribution < -0.4 is 9.80 Å². The largest absolute Gasteiger partial charge is 0.332 e. The highest BCUT2D eigenvalue weighted by molar-refractivity contribution is 6.12. The number of allylic oxidation sites excluding steroid dienone is 2. The molecule has 69 heavy (non-hydrogen) atoms. The van der Waals surface area contributed by atoms with Crippen LogP contribution >= 0.6 is 0 Å². The molecule has 2 aromatic heterocycles. The molecule has 326 valence electrons. The maximum Gasteiger partial charge on any atom is 0.0991 e. The van der Waals surface area contributed by atoms with Gasteiger partial charge in [-0.3, -0.25) is 0 Å². The predicted molar refractivity (Wildman–Crippen MR) is 284 cm³/mol. The minimum atomic E-state index is -0.433. The van der Waals surface area contributed by atoms with Crippen LogP contribution in [0.15, 0.2) is 237 Å². The highest BCUT2D eigenvalue weighted by Gasteiger charge is 2.33. The Morgan fingerprint density at radius 2 is 0.870 bits per heavy atom. The lowest BCUT2D eigenvalue weighted by atomic mass is 9.85. The second-order valence-corrected chi connectivity index (χ2v) is 17.9. The molecule has 6 nitrogen and oxygen atoms in total. The number of anilines is 5. The molecule has 0 N–H and O–H groups in total. The number of aromatic nitrogens is 2. The standard InChI is InChI=1S/C63H44N6/c1-63(69(52-28-22-45(43-65)23-29-52)54-33-35-62-58(41-54)56-17-9-11-19-60(56)68(62)49-14-6-3-7-15-49)38-36-47(37-39-63)46-24-30-51(31-25-46)66(50-26-20-44(42-64)21-27-50)53-32-34-61-57(40-53)55-16-8-10-18-59(55)67(61)48-12-4-2-5-13-48/h2-38,40-41H,39H2,1H3. The average molecular weight is 885 g/mol. The second-order valence-electron chi connectivity index (χ2n) is 17.9. The van der Waals surface area contributed by atoms with Gasteiger partial charge < -0.3 is 18.9 Å². The predicted octanol–water partition coefficient (Wildman–Crippen LogP) is 16.0. The monoisotopic (exact) mass is 884 g/mol. The number of hydrogen-bond donors (Lipinski definition) is 0. The molecule has 0 bridgehead atoms. The number of para-hydroxylation sites is 4. The topological polar surface area (TPSA) is 63.9 Å². The molecule has 1 aliphatic carbocycles. The van der Waals surface area contributed by atoms with Gasteiger partial charge in [-0.2, -0.15) is 10.5 Å². The van der Waals surface area contributed by atoms with Crippen LogP contribution in [0.3, 0.4) is 0 Å². The maximum absolute atomic E-state index is 9.73. The smallest absolute Gasteiger partial charge is 0.0991 e. The Bertz CT molecular complexity index is 3880. The van der Waals surface area contributed by atoms with Gasteiger partial charge in [0.15, 0.2) is 0 Å². The zero-order chi connectivity index (χ0) is 46.5. The van der Waals surface area contributed by atoms with E-state index in [0.717, 1.165) is 84.8 Å². The Kier molecular flexibility index (Phi) is 10.0. The van der Waals surface area contributed by atoms with Gasteiger partial charge in [0, 0.05) is 61.4 Å². The molecule has 0 saturated carbocycles. The number of nitrogens with zero attached hydrogens (tertiary/aromatic N) is 6. The summed E-state index contributed by atoms with van der Waals surface area (Å²) in [5, 5.41) is 24.1. The molecule has 9 aromatic carbocycles. The van der Waals surface area contributed by atoms with E-state index < -0.39 is 5.54 Å². The molecule has 6 heteroatoms. The normalized spacial score (nSPS) is 14.4. The number of rotatable bonds is 9. The third-order valence-electron chi connectivity index (χ3n) is 13.7. The number of hydrogen-bond acceptors (Lipinski definition) is 4. The first-order chi connectivity index (χ1) is 34.0. The lowest BCUT2D eigenvalue weighted by molar-refractivity contribution is 0.571. The first kappa shape index (κ1) is 41.1. The highest BCUT2D eigenvalue weighted by Crippen LogP contribution is 2.44. The molecule has 0 saturated heterocycles. The highest BCUT2D eigenvalue weighted by atomic mass is 15.2. The van der Waals surface area contributed by atoms with Crippen molar-refractivity contribution in [3.63, 3.8) is 0 Å². The molecule has 11 aromatic rings. The molecule has 1 aliphatic rings. The van der Waals surface area contributed by atoms with Gasteiger partial charge in [-0.25, -0.2) is 0 Å². The zero-order valence-electron chi connectivity index (χ0n) is 37.9. The van der Waals surface area contributed by atoms with Gasteiger partial charge in [0.25, 0.3) is 0 Å². The van der Waals surface area contributed by atoms with Gasteiger partial charge in [-0.15, -0.1) is 0 Å². The van der Waals surface area contributed by atoms with Gasteiger partial charge >= 0.3 is 0 Å². The van der Waals surface area contributed by atoms with Gasteiger partial charge in [-0.05, 0) is 158 Å². The molecule has 0 amide bonds. The minimum Gasteiger partial charge on any atom is -0.332 e. The van der Waals surface area contributed by atoms with Crippen LogP contribution in [0.2, 0.25) is 0 Å². The van der Waals surface area contributed by atoms with E-state index in [1.165, 1.54) is 16.2 Å². The summed E-state index contributed by atoms with van der Waals surface area (Å²) in [7, 11) is 0. The number of fused-ring (bicyclic) bond motifs is 6. The summed E-state index contributed by atoms with van der Waals surface area (Å²) in [6.45, 7) is 2.29. The Morgan fingerprint density at radius 1 is 0.435 bits per heavy atom. The fourth-order valence-corrected chi connectivity index (χ4v) is 10.4. The molecule has 2 heterocycles. The van der Waals surface area contributed by atoms with Gasteiger partial charge in [0.05, 0.1) is 50.9 Å². The second kappa shape index (κ2) is 16.8. The van der Waals surface area contributed by atoms with Crippen molar-refractivity contribution in [1.82, 2.24) is 9.13 Å². The molecule has 12 rings (SSSR count). The van der Waals surface area contributed by atoms with E-state index in [2.05, 4.69) is 238 Å². The van der Waals surface area contributed by atoms with E-state index in [-0.39, 0.29) is 0 Å². The van der Waals surface area contributed by atoms with Gasteiger partial charge in [0.2, 0.25) is 0 Å². The van der Waals surface area contributed by atoms with Crippen molar-refractivity contribution >= 4 is 77.6 Å². The first-order valence-corrected chi connectivity index (χ1v) is 23.3. The van der Waals surface area contributed by atoms with Crippen LogP contribution in [0.5, 0.6) is 0 Å². The summed E-state index contributed by atoms with van der Waals surface area (Å²) in [6, 6.07) is 80.9. The third kappa shape index (κ3) is 7.11. The molecule has 1 atom stereocenters. The van der Waals surface area contributed by atoms with E-state index >= 15 is 0 Å². The average Bonchev–Trinajstić information content (AvgIpc) is 3.92. The molecule has 0 aliphatic heterocycles. The first-order valence-electron chi connectivity index (χ1n) is 23.3. The van der Waals surface area contributed by atoms with Crippen LogP contribution in [0, 0.1) is 22.7 Å². The summed E-state index contributed by atoms with van der Waals surface area (Å²) in [4.78, 5) is 4.68. The summed E-state index contributed by atoms with van der Waals surface area (Å²) in [6.07, 6.45) is 7.68. The zero-order valence-corrected chi connectivity index (χ0v) is 37.9. The Balaban J connectivity index is 0.902. The van der Waals surface area contributed by atoms with Crippen molar-refractivity contribution in [2.45, 2.75) is 18.9 Å². The molecule has 0 spiro atoms. The van der Waals surface area contributed by atoms with Crippen molar-refractivity contribution < 1.29 is 0 Å². The van der Waals surface area contributed by atoms with Crippen molar-refractivity contribution in [3.8, 4) is 23.5 Å². The van der Waals surface area contributed by atoms with E-state index in [0.29, 0.717) is 11.1 Å². The van der Waals surface area contributed by atoms with Crippen molar-refractivity contribution in [2.75, 3.05) is 9.80 Å². The molecule has 0 radical (unpaired) electrons. The Morgan fingerprint density at radius 3 is 1.38 bits per heavy atom. The quantitative estimate of drug-likeness (QED) is 0.145. The fraction of sp³-hybridized carbons (Fsp3) is 0.0476. The van der Waals surface area contributed by atoms with Gasteiger partial charge in [0.1, 0.15) is 0 Å². The lowest BCUT2D eigenvalue weighted by Gasteiger charge is -2.42. The number of nitriles is 2. The molecular weight excluding hydrogens is 841 g/mol. The van der Waals surface area contributed by atoms with Crippen LogP contribution in [0.25, 0.3) is 60.6 Å². The minimum absolute atomic E-state index is 0.433. The van der Waals surface area contributed by atoms with Crippen LogP contribution in [-0.2, 0) is 0 Å². The van der Waals surface area contributed by atoms with Crippen molar-refractivity contribution in [1.29, 1.82) is 10.5 Å². The molecular formula is C63H44N6. The van der Waals surface area contributed by atoms with Crippen LogP contribution in [-0.4, -0.2) is 14.7 Å². The van der Waals surface area contributed by atoms with E-state index in [1.54, 1.807) is 0 Å². The van der Waals surface area contributed by atoms with Crippen LogP contribution in [0.4, 0.5) is 28.4 Å². The third-order valence-corrected chi connectivity index (χ3v) is 13.7. The van der Waals surface area contributed by atoms with E-state index in [4.69, 9.17) is 0 Å². The molecule has 0 fully saturated rings. The van der Waals surface area contributed by atoms with Crippen LogP contribution in [0.1, 0.15) is 30.0 Å². The lowest BCUT2D eigenvalue weighted by Crippen LogP contribution is -2.42. The maximum atomic E-state index is 9.73. The molecule has 1 unspecified atom stereocenters. The summed E-state index contributed by atoms with van der Waals surface area (Å²) in [5.74, 6) is 0. The van der Waals surface area contributed by atoms with Crippen molar-refractivity contribution in [3.05, 3.63) is 253 Å². The summed E-state index contributed by atoms with van der Waals surface area (Å²) < 4.78 is 4.68. The summed E-state index contributed by atoms with van der Waals surface area (Å²) in [5.41, 5.74) is 15.0. The number of benzene rings is 9.